The molecule has 0 aliphatic carbocycles. The summed E-state index contributed by atoms with van der Waals surface area (Å²) in [4.78, 5) is 26.4. The Kier molecular flexibility index (Phi) is 6.57. The van der Waals surface area contributed by atoms with E-state index in [9.17, 15) is 9.59 Å². The number of aryl methyl sites for hydroxylation is 2. The zero-order chi connectivity index (χ0) is 21.8. The maximum absolute atomic E-state index is 12.9. The van der Waals surface area contributed by atoms with Gasteiger partial charge in [-0.2, -0.15) is 0 Å². The highest BCUT2D eigenvalue weighted by molar-refractivity contribution is 7.17. The quantitative estimate of drug-likeness (QED) is 0.505. The number of amides is 1. The van der Waals surface area contributed by atoms with Crippen molar-refractivity contribution in [3.63, 3.8) is 0 Å². The van der Waals surface area contributed by atoms with Crippen LogP contribution in [0.3, 0.4) is 0 Å². The normalized spacial score (nSPS) is 10.7. The molecule has 0 atom stereocenters. The molecule has 0 aliphatic rings. The minimum Gasteiger partial charge on any atom is -0.491 e. The number of thiophene rings is 1. The van der Waals surface area contributed by atoms with Crippen LogP contribution in [0.5, 0.6) is 5.75 Å². The molecular weight excluding hydrogens is 398 g/mol. The summed E-state index contributed by atoms with van der Waals surface area (Å²) in [7, 11) is 1.34. The number of nitrogens with one attached hydrogen (secondary N) is 1. The summed E-state index contributed by atoms with van der Waals surface area (Å²) in [5.41, 5.74) is 3.63. The summed E-state index contributed by atoms with van der Waals surface area (Å²) < 4.78 is 10.7. The number of esters is 1. The van der Waals surface area contributed by atoms with E-state index in [1.165, 1.54) is 18.4 Å². The molecule has 0 spiro atoms. The molecule has 0 unspecified atom stereocenters. The molecule has 0 saturated carbocycles. The van der Waals surface area contributed by atoms with Crippen LogP contribution in [0.25, 0.3) is 11.1 Å². The largest absolute Gasteiger partial charge is 0.491 e. The Morgan fingerprint density at radius 3 is 2.37 bits per heavy atom. The first-order chi connectivity index (χ1) is 14.3. The maximum atomic E-state index is 12.9. The topological polar surface area (TPSA) is 64.6 Å². The molecule has 3 aromatic rings. The van der Waals surface area contributed by atoms with E-state index in [-0.39, 0.29) is 12.0 Å². The Labute approximate surface area is 180 Å². The van der Waals surface area contributed by atoms with Crippen molar-refractivity contribution in [2.24, 2.45) is 0 Å². The van der Waals surface area contributed by atoms with E-state index in [2.05, 4.69) is 5.32 Å². The van der Waals surface area contributed by atoms with Crippen molar-refractivity contribution < 1.29 is 19.1 Å². The van der Waals surface area contributed by atoms with E-state index >= 15 is 0 Å². The van der Waals surface area contributed by atoms with E-state index in [4.69, 9.17) is 9.47 Å². The summed E-state index contributed by atoms with van der Waals surface area (Å²) in [6, 6.07) is 14.9. The number of carbonyl (C=O) groups is 2. The zero-order valence-corrected chi connectivity index (χ0v) is 18.6. The van der Waals surface area contributed by atoms with Crippen molar-refractivity contribution in [2.75, 3.05) is 12.4 Å². The van der Waals surface area contributed by atoms with E-state index in [1.54, 1.807) is 24.3 Å². The molecule has 30 heavy (non-hydrogen) atoms. The van der Waals surface area contributed by atoms with E-state index in [1.807, 2.05) is 52.0 Å². The van der Waals surface area contributed by atoms with Crippen LogP contribution in [0.2, 0.25) is 0 Å². The molecule has 3 rings (SSSR count). The highest BCUT2D eigenvalue weighted by atomic mass is 32.1. The van der Waals surface area contributed by atoms with Gasteiger partial charge in [0.1, 0.15) is 16.3 Å². The lowest BCUT2D eigenvalue weighted by Gasteiger charge is -2.11. The lowest BCUT2D eigenvalue weighted by molar-refractivity contribution is 0.0603. The van der Waals surface area contributed by atoms with Gasteiger partial charge in [0.2, 0.25) is 0 Å². The van der Waals surface area contributed by atoms with Crippen LogP contribution in [0.4, 0.5) is 5.00 Å². The van der Waals surface area contributed by atoms with Crippen LogP contribution in [0.15, 0.2) is 48.5 Å². The van der Waals surface area contributed by atoms with Crippen molar-refractivity contribution in [3.8, 4) is 16.9 Å². The molecule has 0 fully saturated rings. The average molecular weight is 424 g/mol. The Hall–Kier alpha value is -3.12. The predicted octanol–water partition coefficient (Wildman–Crippen LogP) is 5.86. The van der Waals surface area contributed by atoms with Gasteiger partial charge in [-0.15, -0.1) is 11.3 Å². The molecule has 0 bridgehead atoms. The molecule has 1 N–H and O–H groups in total. The lowest BCUT2D eigenvalue weighted by Crippen LogP contribution is -2.14. The molecule has 1 heterocycles. The number of carbonyl (C=O) groups excluding carboxylic acids is 2. The van der Waals surface area contributed by atoms with Crippen molar-refractivity contribution in [1.82, 2.24) is 0 Å². The van der Waals surface area contributed by atoms with Gasteiger partial charge >= 0.3 is 5.97 Å². The second kappa shape index (κ2) is 9.13. The van der Waals surface area contributed by atoms with Gasteiger partial charge in [-0.1, -0.05) is 35.9 Å². The second-order valence-corrected chi connectivity index (χ2v) is 8.47. The van der Waals surface area contributed by atoms with Crippen LogP contribution in [-0.4, -0.2) is 25.1 Å². The summed E-state index contributed by atoms with van der Waals surface area (Å²) in [5, 5.41) is 3.36. The number of benzene rings is 2. The van der Waals surface area contributed by atoms with Crippen molar-refractivity contribution in [1.29, 1.82) is 0 Å². The summed E-state index contributed by atoms with van der Waals surface area (Å²) in [5.74, 6) is -0.179. The van der Waals surface area contributed by atoms with Gasteiger partial charge < -0.3 is 14.8 Å². The minimum atomic E-state index is -0.484. The smallest absolute Gasteiger partial charge is 0.341 e. The van der Waals surface area contributed by atoms with Crippen LogP contribution in [0, 0.1) is 13.8 Å². The Morgan fingerprint density at radius 2 is 1.73 bits per heavy atom. The number of ether oxygens (including phenoxy) is 2. The SMILES string of the molecule is COC(=O)c1c(NC(=O)c2cccc(OC(C)C)c2)sc(C)c1-c1ccc(C)cc1. The van der Waals surface area contributed by atoms with Gasteiger partial charge in [-0.3, -0.25) is 4.79 Å². The molecule has 1 amide bonds. The van der Waals surface area contributed by atoms with Crippen molar-refractivity contribution in [2.45, 2.75) is 33.8 Å². The monoisotopic (exact) mass is 423 g/mol. The first kappa shape index (κ1) is 21.6. The summed E-state index contributed by atoms with van der Waals surface area (Å²) in [6.45, 7) is 7.79. The lowest BCUT2D eigenvalue weighted by atomic mass is 10.0. The fraction of sp³-hybridized carbons (Fsp3) is 0.250. The molecule has 1 aromatic heterocycles. The fourth-order valence-corrected chi connectivity index (χ4v) is 4.21. The third-order valence-electron chi connectivity index (χ3n) is 4.51. The predicted molar refractivity (Wildman–Crippen MR) is 121 cm³/mol. The van der Waals surface area contributed by atoms with Crippen molar-refractivity contribution >= 4 is 28.2 Å². The highest BCUT2D eigenvalue weighted by Gasteiger charge is 2.25. The second-order valence-electron chi connectivity index (χ2n) is 7.24. The van der Waals surface area contributed by atoms with E-state index < -0.39 is 5.97 Å². The number of anilines is 1. The Balaban J connectivity index is 1.98. The maximum Gasteiger partial charge on any atom is 0.341 e. The van der Waals surface area contributed by atoms with Gasteiger partial charge in [-0.05, 0) is 51.5 Å². The van der Waals surface area contributed by atoms with Gasteiger partial charge in [0, 0.05) is 16.0 Å². The Bertz CT molecular complexity index is 1070. The molecular formula is C24H25NO4S. The van der Waals surface area contributed by atoms with Gasteiger partial charge in [0.15, 0.2) is 0 Å². The first-order valence-electron chi connectivity index (χ1n) is 9.67. The highest BCUT2D eigenvalue weighted by Crippen LogP contribution is 2.40. The molecule has 156 valence electrons. The van der Waals surface area contributed by atoms with Gasteiger partial charge in [0.25, 0.3) is 5.91 Å². The van der Waals surface area contributed by atoms with Crippen LogP contribution in [-0.2, 0) is 4.74 Å². The summed E-state index contributed by atoms with van der Waals surface area (Å²) >= 11 is 1.36. The number of methoxy groups -OCH3 is 1. The molecule has 0 radical (unpaired) electrons. The molecule has 0 saturated heterocycles. The molecule has 5 nitrogen and oxygen atoms in total. The van der Waals surface area contributed by atoms with Crippen LogP contribution in [0.1, 0.15) is 45.0 Å². The van der Waals surface area contributed by atoms with E-state index in [0.717, 1.165) is 21.6 Å². The fourth-order valence-electron chi connectivity index (χ4n) is 3.16. The van der Waals surface area contributed by atoms with Crippen LogP contribution >= 0.6 is 11.3 Å². The van der Waals surface area contributed by atoms with Gasteiger partial charge in [0.05, 0.1) is 13.2 Å². The minimum absolute atomic E-state index is 0.00579. The number of hydrogen-bond acceptors (Lipinski definition) is 5. The molecule has 6 heteroatoms. The Morgan fingerprint density at radius 1 is 1.03 bits per heavy atom. The molecule has 2 aromatic carbocycles. The number of rotatable bonds is 6. The third kappa shape index (κ3) is 4.71. The third-order valence-corrected chi connectivity index (χ3v) is 5.53. The standard InChI is InChI=1S/C24H25NO4S/c1-14(2)29-19-8-6-7-18(13-19)22(26)25-23-21(24(27)28-5)20(16(4)30-23)17-11-9-15(3)10-12-17/h6-14H,1-5H3,(H,25,26). The van der Waals surface area contributed by atoms with Crippen LogP contribution < -0.4 is 10.1 Å². The van der Waals surface area contributed by atoms with Gasteiger partial charge in [-0.25, -0.2) is 4.79 Å². The number of hydrogen-bond donors (Lipinski definition) is 1. The first-order valence-corrected chi connectivity index (χ1v) is 10.5. The van der Waals surface area contributed by atoms with Crippen molar-refractivity contribution in [3.05, 3.63) is 70.1 Å². The summed E-state index contributed by atoms with van der Waals surface area (Å²) in [6.07, 6.45) is 0.00579. The zero-order valence-electron chi connectivity index (χ0n) is 17.7. The molecule has 0 aliphatic heterocycles. The van der Waals surface area contributed by atoms with E-state index in [0.29, 0.717) is 21.9 Å². The average Bonchev–Trinajstić information content (AvgIpc) is 3.03.